The summed E-state index contributed by atoms with van der Waals surface area (Å²) >= 11 is 3.52. The molecule has 0 amide bonds. The fourth-order valence-corrected chi connectivity index (χ4v) is 4.03. The van der Waals surface area contributed by atoms with E-state index in [2.05, 4.69) is 15.9 Å². The molecule has 3 rings (SSSR count). The Morgan fingerprint density at radius 3 is 2.64 bits per heavy atom. The van der Waals surface area contributed by atoms with Gasteiger partial charge >= 0.3 is 5.97 Å². The second-order valence-electron chi connectivity index (χ2n) is 7.10. The predicted octanol–water partition coefficient (Wildman–Crippen LogP) is 3.55. The van der Waals surface area contributed by atoms with E-state index in [4.69, 9.17) is 15.2 Å². The van der Waals surface area contributed by atoms with Crippen LogP contribution < -0.4 is 5.73 Å². The van der Waals surface area contributed by atoms with Crippen molar-refractivity contribution in [1.29, 1.82) is 0 Å². The van der Waals surface area contributed by atoms with Crippen LogP contribution in [-0.4, -0.2) is 18.9 Å². The van der Waals surface area contributed by atoms with Crippen molar-refractivity contribution < 1.29 is 19.1 Å². The summed E-state index contributed by atoms with van der Waals surface area (Å²) in [5.41, 5.74) is 7.31. The van der Waals surface area contributed by atoms with Crippen molar-refractivity contribution in [2.75, 3.05) is 7.11 Å². The van der Waals surface area contributed by atoms with Crippen LogP contribution in [-0.2, 0) is 19.1 Å². The third-order valence-electron chi connectivity index (χ3n) is 4.58. The first-order valence-corrected chi connectivity index (χ1v) is 8.81. The van der Waals surface area contributed by atoms with Crippen LogP contribution in [0.1, 0.15) is 38.2 Å². The van der Waals surface area contributed by atoms with Crippen molar-refractivity contribution in [2.24, 2.45) is 11.1 Å². The molecule has 5 nitrogen and oxygen atoms in total. The van der Waals surface area contributed by atoms with Gasteiger partial charge in [-0.15, -0.1) is 0 Å². The van der Waals surface area contributed by atoms with Crippen molar-refractivity contribution in [3.63, 3.8) is 0 Å². The van der Waals surface area contributed by atoms with Gasteiger partial charge in [0.2, 0.25) is 5.88 Å². The maximum atomic E-state index is 12.9. The normalized spacial score (nSPS) is 22.4. The lowest BCUT2D eigenvalue weighted by Crippen LogP contribution is -2.35. The summed E-state index contributed by atoms with van der Waals surface area (Å²) in [6.45, 7) is 4.03. The summed E-state index contributed by atoms with van der Waals surface area (Å²) in [5.74, 6) is -0.678. The lowest BCUT2D eigenvalue weighted by atomic mass is 9.70. The standard InChI is InChI=1S/C19H20BrNO4/c1-19(2)8-12(22)15-13(9-19)25-17(21)16(18(23)24-3)14(15)10-6-4-5-7-11(10)20/h4-7,14H,8-9,21H2,1-3H3/t14-/m0/s1. The molecule has 1 atom stereocenters. The van der Waals surface area contributed by atoms with E-state index >= 15 is 0 Å². The number of hydrogen-bond donors (Lipinski definition) is 1. The number of nitrogens with two attached hydrogens (primary N) is 1. The van der Waals surface area contributed by atoms with Gasteiger partial charge in [-0.2, -0.15) is 0 Å². The summed E-state index contributed by atoms with van der Waals surface area (Å²) in [6.07, 6.45) is 0.981. The molecule has 1 heterocycles. The minimum Gasteiger partial charge on any atom is -0.465 e. The van der Waals surface area contributed by atoms with Gasteiger partial charge in [0.05, 0.1) is 13.0 Å². The fraction of sp³-hybridized carbons (Fsp3) is 0.368. The van der Waals surface area contributed by atoms with Crippen molar-refractivity contribution in [2.45, 2.75) is 32.6 Å². The number of carbonyl (C=O) groups excluding carboxylic acids is 2. The minimum absolute atomic E-state index is 0.00291. The van der Waals surface area contributed by atoms with Crippen LogP contribution in [0, 0.1) is 5.41 Å². The van der Waals surface area contributed by atoms with Gasteiger partial charge in [0.15, 0.2) is 5.78 Å². The van der Waals surface area contributed by atoms with Crippen LogP contribution in [0.25, 0.3) is 0 Å². The number of benzene rings is 1. The molecule has 0 fully saturated rings. The number of methoxy groups -OCH3 is 1. The first-order chi connectivity index (χ1) is 11.7. The molecular formula is C19H20BrNO4. The largest absolute Gasteiger partial charge is 0.465 e. The van der Waals surface area contributed by atoms with Gasteiger partial charge in [0, 0.05) is 22.9 Å². The number of rotatable bonds is 2. The molecular weight excluding hydrogens is 386 g/mol. The molecule has 1 aliphatic heterocycles. The molecule has 1 aromatic carbocycles. The highest BCUT2D eigenvalue weighted by molar-refractivity contribution is 9.10. The van der Waals surface area contributed by atoms with Crippen molar-refractivity contribution in [3.05, 3.63) is 57.1 Å². The number of Topliss-reactive ketones (excluding diaryl/α,β-unsaturated/α-hetero) is 1. The van der Waals surface area contributed by atoms with Gasteiger partial charge in [-0.25, -0.2) is 4.79 Å². The lowest BCUT2D eigenvalue weighted by molar-refractivity contribution is -0.136. The highest BCUT2D eigenvalue weighted by Crippen LogP contribution is 2.49. The highest BCUT2D eigenvalue weighted by atomic mass is 79.9. The maximum absolute atomic E-state index is 12.9. The number of ketones is 1. The van der Waals surface area contributed by atoms with Crippen LogP contribution in [0.3, 0.4) is 0 Å². The molecule has 0 spiro atoms. The predicted molar refractivity (Wildman–Crippen MR) is 96.2 cm³/mol. The van der Waals surface area contributed by atoms with Gasteiger partial charge in [0.1, 0.15) is 11.3 Å². The van der Waals surface area contributed by atoms with Crippen molar-refractivity contribution in [3.8, 4) is 0 Å². The van der Waals surface area contributed by atoms with E-state index in [0.717, 1.165) is 10.0 Å². The van der Waals surface area contributed by atoms with Crippen LogP contribution >= 0.6 is 15.9 Å². The molecule has 0 saturated carbocycles. The molecule has 1 aromatic rings. The van der Waals surface area contributed by atoms with Crippen LogP contribution in [0.5, 0.6) is 0 Å². The third-order valence-corrected chi connectivity index (χ3v) is 5.30. The third kappa shape index (κ3) is 3.11. The number of halogens is 1. The number of esters is 1. The molecule has 0 unspecified atom stereocenters. The lowest BCUT2D eigenvalue weighted by Gasteiger charge is -2.38. The number of hydrogen-bond acceptors (Lipinski definition) is 5. The zero-order valence-corrected chi connectivity index (χ0v) is 16.0. The van der Waals surface area contributed by atoms with Gasteiger partial charge in [-0.1, -0.05) is 48.0 Å². The van der Waals surface area contributed by atoms with Crippen LogP contribution in [0.15, 0.2) is 51.5 Å². The molecule has 1 aliphatic carbocycles. The van der Waals surface area contributed by atoms with E-state index in [0.29, 0.717) is 24.2 Å². The fourth-order valence-electron chi connectivity index (χ4n) is 3.51. The van der Waals surface area contributed by atoms with Gasteiger partial charge < -0.3 is 15.2 Å². The van der Waals surface area contributed by atoms with Crippen molar-refractivity contribution >= 4 is 27.7 Å². The average molecular weight is 406 g/mol. The molecule has 0 aromatic heterocycles. The molecule has 6 heteroatoms. The SMILES string of the molecule is COC(=O)C1=C(N)OC2=C(C(=O)CC(C)(C)C2)[C@@H]1c1ccccc1Br. The zero-order valence-electron chi connectivity index (χ0n) is 14.4. The Kier molecular flexibility index (Phi) is 4.49. The molecule has 0 saturated heterocycles. The van der Waals surface area contributed by atoms with E-state index in [1.807, 2.05) is 38.1 Å². The molecule has 132 valence electrons. The Bertz CT molecular complexity index is 822. The Morgan fingerprint density at radius 2 is 2.00 bits per heavy atom. The Morgan fingerprint density at radius 1 is 1.32 bits per heavy atom. The molecule has 2 aliphatic rings. The molecule has 2 N–H and O–H groups in total. The van der Waals surface area contributed by atoms with E-state index in [1.165, 1.54) is 7.11 Å². The van der Waals surface area contributed by atoms with Gasteiger partial charge in [0.25, 0.3) is 0 Å². The summed E-state index contributed by atoms with van der Waals surface area (Å²) < 4.78 is 11.4. The van der Waals surface area contributed by atoms with Crippen LogP contribution in [0.4, 0.5) is 0 Å². The van der Waals surface area contributed by atoms with E-state index < -0.39 is 11.9 Å². The second kappa shape index (κ2) is 6.33. The minimum atomic E-state index is -0.602. The zero-order chi connectivity index (χ0) is 18.4. The quantitative estimate of drug-likeness (QED) is 0.760. The molecule has 0 radical (unpaired) electrons. The first-order valence-electron chi connectivity index (χ1n) is 8.01. The van der Waals surface area contributed by atoms with Gasteiger partial charge in [-0.05, 0) is 17.0 Å². The monoisotopic (exact) mass is 405 g/mol. The molecule has 25 heavy (non-hydrogen) atoms. The average Bonchev–Trinajstić information content (AvgIpc) is 2.52. The maximum Gasteiger partial charge on any atom is 0.340 e. The number of carbonyl (C=O) groups is 2. The smallest absolute Gasteiger partial charge is 0.340 e. The Labute approximate surface area is 155 Å². The topological polar surface area (TPSA) is 78.6 Å². The highest BCUT2D eigenvalue weighted by Gasteiger charge is 2.45. The Balaban J connectivity index is 2.24. The van der Waals surface area contributed by atoms with Crippen LogP contribution in [0.2, 0.25) is 0 Å². The molecule has 0 bridgehead atoms. The van der Waals surface area contributed by atoms with Gasteiger partial charge in [-0.3, -0.25) is 4.79 Å². The van der Waals surface area contributed by atoms with Crippen molar-refractivity contribution in [1.82, 2.24) is 0 Å². The summed E-state index contributed by atoms with van der Waals surface area (Å²) in [5, 5.41) is 0. The van der Waals surface area contributed by atoms with E-state index in [1.54, 1.807) is 0 Å². The number of allylic oxidation sites excluding steroid dienone is 2. The second-order valence-corrected chi connectivity index (χ2v) is 7.96. The van der Waals surface area contributed by atoms with E-state index in [9.17, 15) is 9.59 Å². The number of ether oxygens (including phenoxy) is 2. The first kappa shape index (κ1) is 17.7. The summed E-state index contributed by atoms with van der Waals surface area (Å²) in [4.78, 5) is 25.3. The van der Waals surface area contributed by atoms with E-state index in [-0.39, 0.29) is 22.7 Å². The Hall–Kier alpha value is -2.08. The summed E-state index contributed by atoms with van der Waals surface area (Å²) in [7, 11) is 1.29. The summed E-state index contributed by atoms with van der Waals surface area (Å²) in [6, 6.07) is 7.47.